The third-order valence-electron chi connectivity index (χ3n) is 4.37. The van der Waals surface area contributed by atoms with Crippen molar-refractivity contribution in [1.82, 2.24) is 8.61 Å². The van der Waals surface area contributed by atoms with Gasteiger partial charge in [0, 0.05) is 19.6 Å². The molecule has 5 nitrogen and oxygen atoms in total. The van der Waals surface area contributed by atoms with Crippen LogP contribution in [0.25, 0.3) is 0 Å². The van der Waals surface area contributed by atoms with Crippen molar-refractivity contribution in [1.29, 1.82) is 0 Å². The summed E-state index contributed by atoms with van der Waals surface area (Å²) < 4.78 is 34.1. The van der Waals surface area contributed by atoms with Crippen LogP contribution < -0.4 is 4.74 Å². The van der Waals surface area contributed by atoms with Gasteiger partial charge in [-0.3, -0.25) is 0 Å². The summed E-state index contributed by atoms with van der Waals surface area (Å²) in [6, 6.07) is 7.68. The Morgan fingerprint density at radius 2 is 1.90 bits per heavy atom. The van der Waals surface area contributed by atoms with Crippen molar-refractivity contribution in [3.05, 3.63) is 29.8 Å². The van der Waals surface area contributed by atoms with Crippen molar-refractivity contribution < 1.29 is 13.2 Å². The van der Waals surface area contributed by atoms with E-state index in [4.69, 9.17) is 4.74 Å². The quantitative estimate of drug-likeness (QED) is 0.856. The predicted molar refractivity (Wildman–Crippen MR) is 81.4 cm³/mol. The molecule has 0 saturated carbocycles. The molecular formula is C15H22N2O3S. The van der Waals surface area contributed by atoms with Crippen LogP contribution in [-0.2, 0) is 10.2 Å². The molecule has 0 N–H and O–H groups in total. The smallest absolute Gasteiger partial charge is 0.282 e. The highest BCUT2D eigenvalue weighted by atomic mass is 32.2. The van der Waals surface area contributed by atoms with Crippen LogP contribution in [0.15, 0.2) is 24.3 Å². The molecule has 1 atom stereocenters. The molecule has 0 radical (unpaired) electrons. The first-order chi connectivity index (χ1) is 10.1. The SMILES string of the molecule is COc1cccc(C2CCCN2S(=O)(=O)N2CCCC2)c1. The van der Waals surface area contributed by atoms with E-state index < -0.39 is 10.2 Å². The first-order valence-corrected chi connectivity index (χ1v) is 8.93. The Morgan fingerprint density at radius 1 is 1.14 bits per heavy atom. The van der Waals surface area contributed by atoms with Crippen LogP contribution in [0.1, 0.15) is 37.3 Å². The van der Waals surface area contributed by atoms with E-state index in [9.17, 15) is 8.42 Å². The van der Waals surface area contributed by atoms with Crippen molar-refractivity contribution in [2.45, 2.75) is 31.7 Å². The zero-order valence-electron chi connectivity index (χ0n) is 12.4. The Morgan fingerprint density at radius 3 is 2.62 bits per heavy atom. The van der Waals surface area contributed by atoms with Crippen molar-refractivity contribution in [3.8, 4) is 5.75 Å². The van der Waals surface area contributed by atoms with Gasteiger partial charge in [-0.05, 0) is 43.4 Å². The molecular weight excluding hydrogens is 288 g/mol. The summed E-state index contributed by atoms with van der Waals surface area (Å²) in [5, 5.41) is 0. The molecule has 2 heterocycles. The van der Waals surface area contributed by atoms with Crippen LogP contribution in [0.5, 0.6) is 5.75 Å². The number of rotatable bonds is 4. The highest BCUT2D eigenvalue weighted by Gasteiger charge is 2.39. The molecule has 2 aliphatic heterocycles. The van der Waals surface area contributed by atoms with Gasteiger partial charge < -0.3 is 4.74 Å². The van der Waals surface area contributed by atoms with Gasteiger partial charge in [-0.25, -0.2) is 0 Å². The lowest BCUT2D eigenvalue weighted by atomic mass is 10.1. The highest BCUT2D eigenvalue weighted by Crippen LogP contribution is 2.37. The second-order valence-corrected chi connectivity index (χ2v) is 7.54. The minimum absolute atomic E-state index is 0.0642. The predicted octanol–water partition coefficient (Wildman–Crippen LogP) is 2.17. The lowest BCUT2D eigenvalue weighted by Crippen LogP contribution is -2.42. The van der Waals surface area contributed by atoms with E-state index in [1.54, 1.807) is 15.7 Å². The number of benzene rings is 1. The van der Waals surface area contributed by atoms with E-state index in [0.29, 0.717) is 19.6 Å². The molecule has 21 heavy (non-hydrogen) atoms. The second-order valence-electron chi connectivity index (χ2n) is 5.66. The normalized spacial score (nSPS) is 24.5. The van der Waals surface area contributed by atoms with Gasteiger partial charge in [-0.15, -0.1) is 0 Å². The van der Waals surface area contributed by atoms with E-state index in [0.717, 1.165) is 37.0 Å². The van der Waals surface area contributed by atoms with Crippen molar-refractivity contribution in [2.24, 2.45) is 0 Å². The van der Waals surface area contributed by atoms with Crippen LogP contribution in [0.4, 0.5) is 0 Å². The second kappa shape index (κ2) is 5.94. The summed E-state index contributed by atoms with van der Waals surface area (Å²) in [7, 11) is -1.70. The Balaban J connectivity index is 1.88. The number of hydrogen-bond donors (Lipinski definition) is 0. The van der Waals surface area contributed by atoms with Gasteiger partial charge in [0.05, 0.1) is 13.2 Å². The molecule has 2 fully saturated rings. The fourth-order valence-electron chi connectivity index (χ4n) is 3.27. The van der Waals surface area contributed by atoms with Gasteiger partial charge in [0.2, 0.25) is 0 Å². The average Bonchev–Trinajstić information content (AvgIpc) is 3.18. The first kappa shape index (κ1) is 14.8. The van der Waals surface area contributed by atoms with Crippen molar-refractivity contribution >= 4 is 10.2 Å². The standard InChI is InChI=1S/C15H22N2O3S/c1-20-14-7-4-6-13(12-14)15-8-5-11-17(15)21(18,19)16-9-2-3-10-16/h4,6-7,12,15H,2-3,5,8-11H2,1H3. The van der Waals surface area contributed by atoms with Gasteiger partial charge >= 0.3 is 0 Å². The Bertz CT molecular complexity index is 597. The van der Waals surface area contributed by atoms with Gasteiger partial charge in [-0.2, -0.15) is 17.0 Å². The molecule has 0 aromatic heterocycles. The minimum atomic E-state index is -3.33. The Kier molecular flexibility index (Phi) is 4.19. The summed E-state index contributed by atoms with van der Waals surface area (Å²) in [4.78, 5) is 0. The molecule has 0 spiro atoms. The molecule has 1 aromatic carbocycles. The topological polar surface area (TPSA) is 49.9 Å². The number of hydrogen-bond acceptors (Lipinski definition) is 3. The summed E-state index contributed by atoms with van der Waals surface area (Å²) in [6.45, 7) is 1.92. The van der Waals surface area contributed by atoms with E-state index in [1.807, 2.05) is 24.3 Å². The Hall–Kier alpha value is -1.11. The van der Waals surface area contributed by atoms with E-state index in [2.05, 4.69) is 0 Å². The maximum absolute atomic E-state index is 12.8. The summed E-state index contributed by atoms with van der Waals surface area (Å²) in [5.41, 5.74) is 1.02. The van der Waals surface area contributed by atoms with Gasteiger partial charge in [0.15, 0.2) is 0 Å². The summed E-state index contributed by atoms with van der Waals surface area (Å²) in [6.07, 6.45) is 3.73. The molecule has 0 bridgehead atoms. The number of ether oxygens (including phenoxy) is 1. The van der Waals surface area contributed by atoms with Gasteiger partial charge in [0.1, 0.15) is 5.75 Å². The van der Waals surface area contributed by atoms with E-state index >= 15 is 0 Å². The lowest BCUT2D eigenvalue weighted by Gasteiger charge is -2.28. The number of nitrogens with zero attached hydrogens (tertiary/aromatic N) is 2. The van der Waals surface area contributed by atoms with E-state index in [1.165, 1.54) is 0 Å². The minimum Gasteiger partial charge on any atom is -0.497 e. The molecule has 2 aliphatic rings. The fraction of sp³-hybridized carbons (Fsp3) is 0.600. The monoisotopic (exact) mass is 310 g/mol. The number of methoxy groups -OCH3 is 1. The molecule has 3 rings (SSSR count). The van der Waals surface area contributed by atoms with Crippen molar-refractivity contribution in [3.63, 3.8) is 0 Å². The molecule has 6 heteroatoms. The van der Waals surface area contributed by atoms with Crippen molar-refractivity contribution in [2.75, 3.05) is 26.7 Å². The third kappa shape index (κ3) is 2.80. The largest absolute Gasteiger partial charge is 0.497 e. The van der Waals surface area contributed by atoms with Crippen LogP contribution in [0.2, 0.25) is 0 Å². The van der Waals surface area contributed by atoms with Crippen LogP contribution in [0, 0.1) is 0 Å². The molecule has 0 aliphatic carbocycles. The van der Waals surface area contributed by atoms with Crippen LogP contribution >= 0.6 is 0 Å². The molecule has 1 aromatic rings. The first-order valence-electron chi connectivity index (χ1n) is 7.54. The van der Waals surface area contributed by atoms with E-state index in [-0.39, 0.29) is 6.04 Å². The maximum atomic E-state index is 12.8. The van der Waals surface area contributed by atoms with Gasteiger partial charge in [0.25, 0.3) is 10.2 Å². The molecule has 2 saturated heterocycles. The molecule has 1 unspecified atom stereocenters. The van der Waals surface area contributed by atoms with Crippen LogP contribution in [-0.4, -0.2) is 43.8 Å². The lowest BCUT2D eigenvalue weighted by molar-refractivity contribution is 0.347. The zero-order valence-corrected chi connectivity index (χ0v) is 13.2. The average molecular weight is 310 g/mol. The molecule has 116 valence electrons. The highest BCUT2D eigenvalue weighted by molar-refractivity contribution is 7.86. The molecule has 0 amide bonds. The maximum Gasteiger partial charge on any atom is 0.282 e. The van der Waals surface area contributed by atoms with Crippen LogP contribution in [0.3, 0.4) is 0 Å². The summed E-state index contributed by atoms with van der Waals surface area (Å²) >= 11 is 0. The Labute approximate surface area is 126 Å². The summed E-state index contributed by atoms with van der Waals surface area (Å²) in [5.74, 6) is 0.776. The zero-order chi connectivity index (χ0) is 14.9. The fourth-order valence-corrected chi connectivity index (χ4v) is 5.19. The third-order valence-corrected chi connectivity index (χ3v) is 6.42. The van der Waals surface area contributed by atoms with Gasteiger partial charge in [-0.1, -0.05) is 12.1 Å².